The van der Waals surface area contributed by atoms with Crippen molar-refractivity contribution in [2.24, 2.45) is 0 Å². The molecule has 0 spiro atoms. The highest BCUT2D eigenvalue weighted by atomic mass is 19.1. The number of benzene rings is 1. The summed E-state index contributed by atoms with van der Waals surface area (Å²) in [6, 6.07) is 4.14. The van der Waals surface area contributed by atoms with Crippen LogP contribution in [0.15, 0.2) is 24.4 Å². The molecule has 1 aromatic heterocycles. The lowest BCUT2D eigenvalue weighted by molar-refractivity contribution is -0.384. The molecule has 1 aliphatic rings. The Morgan fingerprint density at radius 1 is 1.50 bits per heavy atom. The van der Waals surface area contributed by atoms with Crippen molar-refractivity contribution in [1.82, 2.24) is 4.98 Å². The third-order valence-corrected chi connectivity index (χ3v) is 3.84. The molecule has 0 amide bonds. The molecule has 0 unspecified atom stereocenters. The van der Waals surface area contributed by atoms with Gasteiger partial charge in [0, 0.05) is 18.0 Å². The van der Waals surface area contributed by atoms with Crippen LogP contribution in [0.1, 0.15) is 19.8 Å². The standard InChI is InChI=1S/C15H16FN3O3/c1-9-6-11(4-5-22-9)18-15-12-7-10(16)2-3-13(12)17-8-14(15)19(20)21/h2-3,7-9,11H,4-6H2,1H3,(H,17,18)/t9-,11-/m1/s1. The van der Waals surface area contributed by atoms with Crippen LogP contribution in [-0.2, 0) is 4.74 Å². The first kappa shape index (κ1) is 14.6. The molecular weight excluding hydrogens is 289 g/mol. The van der Waals surface area contributed by atoms with Gasteiger partial charge in [-0.2, -0.15) is 0 Å². The average molecular weight is 305 g/mol. The van der Waals surface area contributed by atoms with E-state index < -0.39 is 10.7 Å². The van der Waals surface area contributed by atoms with Crippen LogP contribution in [-0.4, -0.2) is 28.7 Å². The number of hydrogen-bond acceptors (Lipinski definition) is 5. The highest BCUT2D eigenvalue weighted by Gasteiger charge is 2.24. The summed E-state index contributed by atoms with van der Waals surface area (Å²) in [6.45, 7) is 2.57. The molecule has 116 valence electrons. The summed E-state index contributed by atoms with van der Waals surface area (Å²) in [6.07, 6.45) is 2.80. The van der Waals surface area contributed by atoms with Gasteiger partial charge in [0.1, 0.15) is 17.7 Å². The molecular formula is C15H16FN3O3. The van der Waals surface area contributed by atoms with Crippen LogP contribution in [0.3, 0.4) is 0 Å². The Balaban J connectivity index is 2.05. The van der Waals surface area contributed by atoms with Crippen molar-refractivity contribution < 1.29 is 14.1 Å². The monoisotopic (exact) mass is 305 g/mol. The number of pyridine rings is 1. The van der Waals surface area contributed by atoms with Crippen molar-refractivity contribution >= 4 is 22.3 Å². The molecule has 22 heavy (non-hydrogen) atoms. The quantitative estimate of drug-likeness (QED) is 0.695. The van der Waals surface area contributed by atoms with E-state index in [9.17, 15) is 14.5 Å². The molecule has 1 N–H and O–H groups in total. The molecule has 0 saturated carbocycles. The molecule has 1 aliphatic heterocycles. The fourth-order valence-electron chi connectivity index (χ4n) is 2.78. The third-order valence-electron chi connectivity index (χ3n) is 3.84. The van der Waals surface area contributed by atoms with E-state index in [1.165, 1.54) is 24.4 Å². The molecule has 2 aromatic rings. The van der Waals surface area contributed by atoms with Crippen LogP contribution in [0, 0.1) is 15.9 Å². The van der Waals surface area contributed by atoms with Crippen LogP contribution in [0.25, 0.3) is 10.9 Å². The zero-order chi connectivity index (χ0) is 15.7. The third kappa shape index (κ3) is 2.85. The molecule has 1 aromatic carbocycles. The van der Waals surface area contributed by atoms with Crippen LogP contribution >= 0.6 is 0 Å². The number of nitrogens with zero attached hydrogens (tertiary/aromatic N) is 2. The molecule has 7 heteroatoms. The van der Waals surface area contributed by atoms with Gasteiger partial charge in [-0.05, 0) is 38.0 Å². The van der Waals surface area contributed by atoms with Crippen LogP contribution in [0.2, 0.25) is 0 Å². The van der Waals surface area contributed by atoms with Crippen molar-refractivity contribution in [3.8, 4) is 0 Å². The second-order valence-corrected chi connectivity index (χ2v) is 5.48. The fourth-order valence-corrected chi connectivity index (χ4v) is 2.78. The fraction of sp³-hybridized carbons (Fsp3) is 0.400. The molecule has 0 bridgehead atoms. The minimum absolute atomic E-state index is 0.0521. The zero-order valence-electron chi connectivity index (χ0n) is 12.1. The number of rotatable bonds is 3. The van der Waals surface area contributed by atoms with E-state index in [2.05, 4.69) is 10.3 Å². The normalized spacial score (nSPS) is 21.7. The molecule has 0 aliphatic carbocycles. The van der Waals surface area contributed by atoms with Gasteiger partial charge in [-0.25, -0.2) is 9.37 Å². The highest BCUT2D eigenvalue weighted by molar-refractivity contribution is 5.95. The lowest BCUT2D eigenvalue weighted by Crippen LogP contribution is -2.32. The van der Waals surface area contributed by atoms with Crippen LogP contribution in [0.4, 0.5) is 15.8 Å². The van der Waals surface area contributed by atoms with Gasteiger partial charge in [0.15, 0.2) is 0 Å². The van der Waals surface area contributed by atoms with Gasteiger partial charge in [-0.1, -0.05) is 0 Å². The first-order valence-electron chi connectivity index (χ1n) is 7.15. The molecule has 1 saturated heterocycles. The predicted molar refractivity (Wildman–Crippen MR) is 80.4 cm³/mol. The van der Waals surface area contributed by atoms with Crippen molar-refractivity contribution in [3.05, 3.63) is 40.3 Å². The first-order valence-corrected chi connectivity index (χ1v) is 7.15. The second kappa shape index (κ2) is 5.84. The molecule has 1 fully saturated rings. The maximum Gasteiger partial charge on any atom is 0.311 e. The van der Waals surface area contributed by atoms with E-state index in [1.54, 1.807) is 0 Å². The lowest BCUT2D eigenvalue weighted by atomic mass is 10.0. The maximum atomic E-state index is 13.5. The molecule has 2 heterocycles. The Kier molecular flexibility index (Phi) is 3.89. The molecule has 2 atom stereocenters. The summed E-state index contributed by atoms with van der Waals surface area (Å²) in [5, 5.41) is 14.9. The number of ether oxygens (including phenoxy) is 1. The largest absolute Gasteiger partial charge is 0.378 e. The number of aromatic nitrogens is 1. The number of anilines is 1. The van der Waals surface area contributed by atoms with Gasteiger partial charge in [-0.15, -0.1) is 0 Å². The second-order valence-electron chi connectivity index (χ2n) is 5.48. The minimum atomic E-state index is -0.498. The van der Waals surface area contributed by atoms with E-state index in [-0.39, 0.29) is 17.8 Å². The smallest absolute Gasteiger partial charge is 0.311 e. The molecule has 0 radical (unpaired) electrons. The van der Waals surface area contributed by atoms with Gasteiger partial charge in [0.05, 0.1) is 16.5 Å². The molecule has 3 rings (SSSR count). The summed E-state index contributed by atoms with van der Waals surface area (Å²) < 4.78 is 19.0. The SMILES string of the molecule is C[C@@H]1C[C@H](Nc2c([N+](=O)[O-])cnc3ccc(F)cc23)CCO1. The maximum absolute atomic E-state index is 13.5. The lowest BCUT2D eigenvalue weighted by Gasteiger charge is -2.28. The van der Waals surface area contributed by atoms with Crippen molar-refractivity contribution in [1.29, 1.82) is 0 Å². The van der Waals surface area contributed by atoms with Gasteiger partial charge in [0.25, 0.3) is 0 Å². The Morgan fingerprint density at radius 3 is 3.05 bits per heavy atom. The van der Waals surface area contributed by atoms with Crippen LogP contribution < -0.4 is 5.32 Å². The van der Waals surface area contributed by atoms with E-state index >= 15 is 0 Å². The van der Waals surface area contributed by atoms with Gasteiger partial charge in [0.2, 0.25) is 0 Å². The number of fused-ring (bicyclic) bond motifs is 1. The topological polar surface area (TPSA) is 77.3 Å². The first-order chi connectivity index (χ1) is 10.5. The van der Waals surface area contributed by atoms with E-state index in [0.717, 1.165) is 12.8 Å². The van der Waals surface area contributed by atoms with Gasteiger partial charge in [-0.3, -0.25) is 10.1 Å². The number of hydrogen-bond donors (Lipinski definition) is 1. The van der Waals surface area contributed by atoms with E-state index in [4.69, 9.17) is 4.74 Å². The van der Waals surface area contributed by atoms with E-state index in [0.29, 0.717) is 23.2 Å². The van der Waals surface area contributed by atoms with Gasteiger partial charge >= 0.3 is 5.69 Å². The number of nitro groups is 1. The Hall–Kier alpha value is -2.28. The highest BCUT2D eigenvalue weighted by Crippen LogP contribution is 2.33. The van der Waals surface area contributed by atoms with Crippen LogP contribution in [0.5, 0.6) is 0 Å². The summed E-state index contributed by atoms with van der Waals surface area (Å²) >= 11 is 0. The number of halogens is 1. The summed E-state index contributed by atoms with van der Waals surface area (Å²) in [5.41, 5.74) is 0.709. The van der Waals surface area contributed by atoms with Crippen molar-refractivity contribution in [3.63, 3.8) is 0 Å². The Bertz CT molecular complexity index is 722. The van der Waals surface area contributed by atoms with Gasteiger partial charge < -0.3 is 10.1 Å². The summed E-state index contributed by atoms with van der Waals surface area (Å²) in [5.74, 6) is -0.446. The molecule has 6 nitrogen and oxygen atoms in total. The zero-order valence-corrected chi connectivity index (χ0v) is 12.1. The van der Waals surface area contributed by atoms with Crippen molar-refractivity contribution in [2.45, 2.75) is 31.9 Å². The Labute approximate surface area is 126 Å². The van der Waals surface area contributed by atoms with E-state index in [1.807, 2.05) is 6.92 Å². The summed E-state index contributed by atoms with van der Waals surface area (Å²) in [4.78, 5) is 14.8. The van der Waals surface area contributed by atoms with Crippen molar-refractivity contribution in [2.75, 3.05) is 11.9 Å². The number of nitrogens with one attached hydrogen (secondary N) is 1. The minimum Gasteiger partial charge on any atom is -0.378 e. The predicted octanol–water partition coefficient (Wildman–Crippen LogP) is 3.26. The Morgan fingerprint density at radius 2 is 2.32 bits per heavy atom. The average Bonchev–Trinajstić information content (AvgIpc) is 2.47. The summed E-state index contributed by atoms with van der Waals surface area (Å²) in [7, 11) is 0.